The van der Waals surface area contributed by atoms with Crippen molar-refractivity contribution >= 4 is 17.7 Å². The molecule has 2 nitrogen and oxygen atoms in total. The van der Waals surface area contributed by atoms with Gasteiger partial charge in [0, 0.05) is 12.1 Å². The van der Waals surface area contributed by atoms with Crippen LogP contribution in [-0.2, 0) is 4.79 Å². The first-order valence-corrected chi connectivity index (χ1v) is 3.77. The molecule has 1 heterocycles. The Morgan fingerprint density at radius 2 is 2.67 bits per heavy atom. The Balaban J connectivity index is 2.57. The van der Waals surface area contributed by atoms with Gasteiger partial charge in [0.2, 0.25) is 0 Å². The second kappa shape index (κ2) is 3.03. The summed E-state index contributed by atoms with van der Waals surface area (Å²) in [4.78, 5) is 10.7. The van der Waals surface area contributed by atoms with E-state index in [1.54, 1.807) is 6.92 Å². The highest BCUT2D eigenvalue weighted by Crippen LogP contribution is 2.13. The Morgan fingerprint density at radius 1 is 1.89 bits per heavy atom. The minimum Gasteiger partial charge on any atom is -0.295 e. The van der Waals surface area contributed by atoms with Crippen LogP contribution in [0.1, 0.15) is 13.3 Å². The maximum Gasteiger partial charge on any atom is 0.156 e. The zero-order valence-corrected chi connectivity index (χ0v) is 6.12. The van der Waals surface area contributed by atoms with E-state index in [2.05, 4.69) is 4.72 Å². The number of rotatable bonds is 1. The zero-order chi connectivity index (χ0) is 6.69. The molecule has 1 aliphatic rings. The molecule has 0 saturated heterocycles. The Labute approximate surface area is 58.8 Å². The van der Waals surface area contributed by atoms with Crippen molar-refractivity contribution in [2.75, 3.05) is 6.54 Å². The highest BCUT2D eigenvalue weighted by atomic mass is 32.2. The molecule has 0 amide bonds. The molecule has 0 aromatic carbocycles. The molecule has 0 aliphatic carbocycles. The molecule has 0 aromatic rings. The van der Waals surface area contributed by atoms with Crippen molar-refractivity contribution in [2.45, 2.75) is 13.3 Å². The summed E-state index contributed by atoms with van der Waals surface area (Å²) >= 11 is 1.50. The molecule has 9 heavy (non-hydrogen) atoms. The molecule has 0 radical (unpaired) electrons. The predicted molar refractivity (Wildman–Crippen MR) is 39.0 cm³/mol. The number of nitrogens with one attached hydrogen (secondary N) is 1. The lowest BCUT2D eigenvalue weighted by Gasteiger charge is -2.09. The minimum atomic E-state index is 0.198. The number of ketones is 1. The van der Waals surface area contributed by atoms with E-state index in [9.17, 15) is 4.79 Å². The summed E-state index contributed by atoms with van der Waals surface area (Å²) in [6.07, 6.45) is 0.877. The van der Waals surface area contributed by atoms with Gasteiger partial charge in [0.15, 0.2) is 5.78 Å². The van der Waals surface area contributed by atoms with Crippen LogP contribution >= 0.6 is 11.9 Å². The van der Waals surface area contributed by atoms with E-state index in [0.717, 1.165) is 18.5 Å². The first-order chi connectivity index (χ1) is 4.30. The second-order valence-corrected chi connectivity index (χ2v) is 2.72. The molecule has 1 aliphatic heterocycles. The summed E-state index contributed by atoms with van der Waals surface area (Å²) < 4.78 is 3.06. The molecule has 3 heteroatoms. The fourth-order valence-corrected chi connectivity index (χ4v) is 1.40. The van der Waals surface area contributed by atoms with Crippen LogP contribution in [0.25, 0.3) is 0 Å². The Morgan fingerprint density at radius 3 is 3.00 bits per heavy atom. The molecule has 50 valence electrons. The molecular weight excluding hydrogens is 134 g/mol. The number of Topliss-reactive ketones (excluding diaryl/α,β-unsaturated/α-hetero) is 1. The Hall–Kier alpha value is -0.280. The number of carbonyl (C=O) groups excluding carboxylic acids is 1. The lowest BCUT2D eigenvalue weighted by Crippen LogP contribution is -2.13. The van der Waals surface area contributed by atoms with E-state index in [1.807, 2.05) is 5.41 Å². The maximum absolute atomic E-state index is 10.7. The van der Waals surface area contributed by atoms with Gasteiger partial charge in [0.1, 0.15) is 0 Å². The van der Waals surface area contributed by atoms with E-state index in [0.29, 0.717) is 0 Å². The van der Waals surface area contributed by atoms with E-state index in [4.69, 9.17) is 0 Å². The first-order valence-electron chi connectivity index (χ1n) is 2.89. The fraction of sp³-hybridized carbons (Fsp3) is 0.500. The van der Waals surface area contributed by atoms with Gasteiger partial charge in [-0.2, -0.15) is 0 Å². The third-order valence-electron chi connectivity index (χ3n) is 1.23. The summed E-state index contributed by atoms with van der Waals surface area (Å²) in [7, 11) is 0. The molecule has 0 saturated carbocycles. The van der Waals surface area contributed by atoms with Gasteiger partial charge in [-0.3, -0.25) is 9.52 Å². The molecule has 0 bridgehead atoms. The van der Waals surface area contributed by atoms with Crippen LogP contribution in [0.3, 0.4) is 0 Å². The van der Waals surface area contributed by atoms with Gasteiger partial charge in [-0.1, -0.05) is 11.9 Å². The van der Waals surface area contributed by atoms with Crippen molar-refractivity contribution < 1.29 is 4.79 Å². The molecule has 0 spiro atoms. The Kier molecular flexibility index (Phi) is 2.30. The lowest BCUT2D eigenvalue weighted by atomic mass is 10.1. The average Bonchev–Trinajstić information content (AvgIpc) is 1.90. The van der Waals surface area contributed by atoms with Crippen molar-refractivity contribution in [2.24, 2.45) is 0 Å². The van der Waals surface area contributed by atoms with Crippen LogP contribution in [-0.4, -0.2) is 12.3 Å². The molecule has 1 N–H and O–H groups in total. The normalized spacial score (nSPS) is 19.0. The van der Waals surface area contributed by atoms with Crippen LogP contribution in [0.4, 0.5) is 0 Å². The third-order valence-corrected chi connectivity index (χ3v) is 2.01. The molecule has 0 fully saturated rings. The zero-order valence-electron chi connectivity index (χ0n) is 5.31. The third kappa shape index (κ3) is 1.84. The van der Waals surface area contributed by atoms with Crippen LogP contribution in [0.5, 0.6) is 0 Å². The summed E-state index contributed by atoms with van der Waals surface area (Å²) in [6.45, 7) is 2.52. The van der Waals surface area contributed by atoms with Gasteiger partial charge >= 0.3 is 0 Å². The van der Waals surface area contributed by atoms with Crippen molar-refractivity contribution in [3.8, 4) is 0 Å². The standard InChI is InChI=1S/C6H9NOS/c1-5(8)6-2-3-7-9-4-6/h4,7H,2-3H2,1H3. The summed E-state index contributed by atoms with van der Waals surface area (Å²) in [5.41, 5.74) is 0.943. The van der Waals surface area contributed by atoms with E-state index >= 15 is 0 Å². The molecule has 1 rings (SSSR count). The van der Waals surface area contributed by atoms with Crippen LogP contribution in [0.2, 0.25) is 0 Å². The van der Waals surface area contributed by atoms with E-state index < -0.39 is 0 Å². The fourth-order valence-electron chi connectivity index (χ4n) is 0.675. The number of hydrogen-bond donors (Lipinski definition) is 1. The van der Waals surface area contributed by atoms with Crippen molar-refractivity contribution in [3.05, 3.63) is 11.0 Å². The van der Waals surface area contributed by atoms with Gasteiger partial charge in [0.25, 0.3) is 0 Å². The highest BCUT2D eigenvalue weighted by Gasteiger charge is 2.06. The number of hydrogen-bond acceptors (Lipinski definition) is 3. The number of carbonyl (C=O) groups is 1. The van der Waals surface area contributed by atoms with Gasteiger partial charge < -0.3 is 0 Å². The summed E-state index contributed by atoms with van der Waals surface area (Å²) in [5, 5.41) is 1.88. The van der Waals surface area contributed by atoms with Gasteiger partial charge in [-0.25, -0.2) is 0 Å². The molecular formula is C6H9NOS. The molecule has 0 atom stereocenters. The maximum atomic E-state index is 10.7. The van der Waals surface area contributed by atoms with Crippen LogP contribution < -0.4 is 4.72 Å². The second-order valence-electron chi connectivity index (χ2n) is 1.96. The smallest absolute Gasteiger partial charge is 0.156 e. The van der Waals surface area contributed by atoms with E-state index in [-0.39, 0.29) is 5.78 Å². The first kappa shape index (κ1) is 6.83. The predicted octanol–water partition coefficient (Wildman–Crippen LogP) is 1.10. The van der Waals surface area contributed by atoms with Gasteiger partial charge in [-0.15, -0.1) is 0 Å². The molecule has 0 aromatic heterocycles. The summed E-state index contributed by atoms with van der Waals surface area (Å²) in [6, 6.07) is 0. The van der Waals surface area contributed by atoms with E-state index in [1.165, 1.54) is 11.9 Å². The van der Waals surface area contributed by atoms with Crippen molar-refractivity contribution in [1.82, 2.24) is 4.72 Å². The largest absolute Gasteiger partial charge is 0.295 e. The van der Waals surface area contributed by atoms with Crippen molar-refractivity contribution in [3.63, 3.8) is 0 Å². The lowest BCUT2D eigenvalue weighted by molar-refractivity contribution is -0.113. The van der Waals surface area contributed by atoms with Crippen molar-refractivity contribution in [1.29, 1.82) is 0 Å². The van der Waals surface area contributed by atoms with Gasteiger partial charge in [-0.05, 0) is 18.8 Å². The monoisotopic (exact) mass is 143 g/mol. The average molecular weight is 143 g/mol. The topological polar surface area (TPSA) is 29.1 Å². The Bertz CT molecular complexity index is 153. The highest BCUT2D eigenvalue weighted by molar-refractivity contribution is 8.00. The van der Waals surface area contributed by atoms with Gasteiger partial charge in [0.05, 0.1) is 0 Å². The summed E-state index contributed by atoms with van der Waals surface area (Å²) in [5.74, 6) is 0.198. The molecule has 0 unspecified atom stereocenters. The van der Waals surface area contributed by atoms with Crippen LogP contribution in [0, 0.1) is 0 Å². The SMILES string of the molecule is CC(=O)C1=CSNCC1. The van der Waals surface area contributed by atoms with Crippen LogP contribution in [0.15, 0.2) is 11.0 Å². The minimum absolute atomic E-state index is 0.198. The quantitative estimate of drug-likeness (QED) is 0.557.